The van der Waals surface area contributed by atoms with Gasteiger partial charge in [-0.25, -0.2) is 0 Å². The van der Waals surface area contributed by atoms with Gasteiger partial charge in [0.05, 0.1) is 0 Å². The Bertz CT molecular complexity index is 86.0. The molecular formula is C3H4O3. The molecule has 1 spiro atoms. The summed E-state index contributed by atoms with van der Waals surface area (Å²) in [6.45, 7) is 0.578. The first kappa shape index (κ1) is 2.96. The Morgan fingerprint density at radius 2 is 2.33 bits per heavy atom. The van der Waals surface area contributed by atoms with Crippen LogP contribution in [-0.2, 0) is 9.47 Å². The maximum absolute atomic E-state index is 8.41. The first-order chi connectivity index (χ1) is 2.83. The standard InChI is InChI=1S/C3H4O3/c4-2-3(6-2)1-5-3/h2,4H,1H2. The molecule has 0 aromatic rings. The molecule has 0 aromatic heterocycles. The van der Waals surface area contributed by atoms with Gasteiger partial charge in [0.1, 0.15) is 6.61 Å². The molecule has 3 heteroatoms. The molecule has 34 valence electrons. The van der Waals surface area contributed by atoms with E-state index in [0.29, 0.717) is 6.61 Å². The van der Waals surface area contributed by atoms with Crippen LogP contribution in [0, 0.1) is 0 Å². The Kier molecular flexibility index (Phi) is 0.257. The van der Waals surface area contributed by atoms with E-state index in [9.17, 15) is 0 Å². The summed E-state index contributed by atoms with van der Waals surface area (Å²) in [6, 6.07) is 0. The lowest BCUT2D eigenvalue weighted by Gasteiger charge is -1.59. The highest BCUT2D eigenvalue weighted by Gasteiger charge is 2.69. The van der Waals surface area contributed by atoms with Gasteiger partial charge in [0.15, 0.2) is 0 Å². The maximum Gasteiger partial charge on any atom is 0.247 e. The van der Waals surface area contributed by atoms with Crippen LogP contribution in [0.4, 0.5) is 0 Å². The lowest BCUT2D eigenvalue weighted by molar-refractivity contribution is 0.154. The van der Waals surface area contributed by atoms with Crippen LogP contribution >= 0.6 is 0 Å². The third kappa shape index (κ3) is 0.167. The quantitative estimate of drug-likeness (QED) is 0.389. The Hall–Kier alpha value is -0.120. The molecule has 6 heavy (non-hydrogen) atoms. The number of hydrogen-bond donors (Lipinski definition) is 1. The van der Waals surface area contributed by atoms with E-state index >= 15 is 0 Å². The van der Waals surface area contributed by atoms with Gasteiger partial charge in [0.2, 0.25) is 12.1 Å². The van der Waals surface area contributed by atoms with Crippen molar-refractivity contribution in [1.29, 1.82) is 0 Å². The van der Waals surface area contributed by atoms with Gasteiger partial charge in [-0.1, -0.05) is 0 Å². The van der Waals surface area contributed by atoms with E-state index < -0.39 is 12.1 Å². The van der Waals surface area contributed by atoms with Crippen LogP contribution in [0.2, 0.25) is 0 Å². The molecule has 0 aliphatic carbocycles. The van der Waals surface area contributed by atoms with Gasteiger partial charge in [-0.05, 0) is 0 Å². The van der Waals surface area contributed by atoms with Crippen LogP contribution in [0.5, 0.6) is 0 Å². The van der Waals surface area contributed by atoms with Crippen molar-refractivity contribution in [2.24, 2.45) is 0 Å². The molecule has 2 aliphatic rings. The van der Waals surface area contributed by atoms with Gasteiger partial charge in [-0.3, -0.25) is 0 Å². The van der Waals surface area contributed by atoms with Crippen molar-refractivity contribution in [2.45, 2.75) is 12.1 Å². The number of aliphatic hydroxyl groups is 1. The molecule has 2 fully saturated rings. The Balaban J connectivity index is 2.17. The number of epoxide rings is 2. The van der Waals surface area contributed by atoms with Gasteiger partial charge in [0.25, 0.3) is 0 Å². The van der Waals surface area contributed by atoms with Crippen LogP contribution in [0.3, 0.4) is 0 Å². The van der Waals surface area contributed by atoms with Crippen molar-refractivity contribution in [3.05, 3.63) is 0 Å². The first-order valence-corrected chi connectivity index (χ1v) is 1.83. The summed E-state index contributed by atoms with van der Waals surface area (Å²) >= 11 is 0. The van der Waals surface area contributed by atoms with Gasteiger partial charge in [-0.15, -0.1) is 0 Å². The van der Waals surface area contributed by atoms with Crippen LogP contribution < -0.4 is 0 Å². The maximum atomic E-state index is 8.41. The fraction of sp³-hybridized carbons (Fsp3) is 1.00. The SMILES string of the molecule is OC1OC12CO2. The number of ether oxygens (including phenoxy) is 2. The molecule has 2 heterocycles. The molecule has 1 N–H and O–H groups in total. The number of rotatable bonds is 0. The van der Waals surface area contributed by atoms with Crippen LogP contribution in [0.25, 0.3) is 0 Å². The molecule has 0 radical (unpaired) electrons. The highest BCUT2D eigenvalue weighted by atomic mass is 16.9. The van der Waals surface area contributed by atoms with Gasteiger partial charge in [-0.2, -0.15) is 0 Å². The molecule has 2 unspecified atom stereocenters. The van der Waals surface area contributed by atoms with E-state index in [4.69, 9.17) is 5.11 Å². The van der Waals surface area contributed by atoms with Crippen molar-refractivity contribution >= 4 is 0 Å². The summed E-state index contributed by atoms with van der Waals surface area (Å²) in [5.74, 6) is -0.486. The largest absolute Gasteiger partial charge is 0.364 e. The summed E-state index contributed by atoms with van der Waals surface area (Å²) in [5.41, 5.74) is 0. The second-order valence-electron chi connectivity index (χ2n) is 1.57. The monoisotopic (exact) mass is 88.0 g/mol. The molecule has 3 nitrogen and oxygen atoms in total. The molecule has 0 aromatic carbocycles. The van der Waals surface area contributed by atoms with Gasteiger partial charge < -0.3 is 14.6 Å². The predicted molar refractivity (Wildman–Crippen MR) is 15.8 cm³/mol. The first-order valence-electron chi connectivity index (χ1n) is 1.83. The topological polar surface area (TPSA) is 45.3 Å². The Labute approximate surface area is 34.5 Å². The van der Waals surface area contributed by atoms with E-state index in [1.165, 1.54) is 0 Å². The average Bonchev–Trinajstić information content (AvgIpc) is 2.25. The smallest absolute Gasteiger partial charge is 0.247 e. The van der Waals surface area contributed by atoms with E-state index in [1.807, 2.05) is 0 Å². The van der Waals surface area contributed by atoms with Crippen molar-refractivity contribution in [2.75, 3.05) is 6.61 Å². The lowest BCUT2D eigenvalue weighted by atomic mass is 10.5. The highest BCUT2D eigenvalue weighted by Crippen LogP contribution is 2.46. The van der Waals surface area contributed by atoms with Crippen LogP contribution in [-0.4, -0.2) is 23.8 Å². The molecule has 0 saturated carbocycles. The zero-order valence-corrected chi connectivity index (χ0v) is 3.05. The lowest BCUT2D eigenvalue weighted by Crippen LogP contribution is -1.89. The molecule has 0 amide bonds. The summed E-state index contributed by atoms with van der Waals surface area (Å²) in [4.78, 5) is 0. The number of hydrogen-bond acceptors (Lipinski definition) is 3. The van der Waals surface area contributed by atoms with E-state index in [2.05, 4.69) is 9.47 Å². The second-order valence-corrected chi connectivity index (χ2v) is 1.57. The molecular weight excluding hydrogens is 84.0 g/mol. The zero-order valence-electron chi connectivity index (χ0n) is 3.05. The minimum absolute atomic E-state index is 0.486. The molecule has 2 atom stereocenters. The summed E-state index contributed by atoms with van der Waals surface area (Å²) in [7, 11) is 0. The minimum Gasteiger partial charge on any atom is -0.364 e. The van der Waals surface area contributed by atoms with Crippen LogP contribution in [0.1, 0.15) is 0 Å². The summed E-state index contributed by atoms with van der Waals surface area (Å²) in [5, 5.41) is 8.41. The van der Waals surface area contributed by atoms with Crippen molar-refractivity contribution < 1.29 is 14.6 Å². The third-order valence-corrected chi connectivity index (χ3v) is 1.06. The normalized spacial score (nSPS) is 62.5. The summed E-state index contributed by atoms with van der Waals surface area (Å²) < 4.78 is 9.20. The molecule has 2 saturated heterocycles. The fourth-order valence-corrected chi connectivity index (χ4v) is 0.437. The van der Waals surface area contributed by atoms with Gasteiger partial charge >= 0.3 is 0 Å². The minimum atomic E-state index is -0.613. The second kappa shape index (κ2) is 0.521. The van der Waals surface area contributed by atoms with E-state index in [-0.39, 0.29) is 0 Å². The van der Waals surface area contributed by atoms with Crippen molar-refractivity contribution in [3.8, 4) is 0 Å². The molecule has 2 rings (SSSR count). The average molecular weight is 88.1 g/mol. The van der Waals surface area contributed by atoms with E-state index in [0.717, 1.165) is 0 Å². The number of aliphatic hydroxyl groups excluding tert-OH is 1. The zero-order chi connectivity index (χ0) is 4.20. The fourth-order valence-electron chi connectivity index (χ4n) is 0.437. The highest BCUT2D eigenvalue weighted by molar-refractivity contribution is 4.97. The van der Waals surface area contributed by atoms with E-state index in [1.54, 1.807) is 0 Å². The molecule has 2 aliphatic heterocycles. The molecule has 0 bridgehead atoms. The summed E-state index contributed by atoms with van der Waals surface area (Å²) in [6.07, 6.45) is -0.613. The van der Waals surface area contributed by atoms with Gasteiger partial charge in [0, 0.05) is 0 Å². The third-order valence-electron chi connectivity index (χ3n) is 1.06. The van der Waals surface area contributed by atoms with Crippen molar-refractivity contribution in [3.63, 3.8) is 0 Å². The predicted octanol–water partition coefficient (Wildman–Crippen LogP) is -0.939. The Morgan fingerprint density at radius 3 is 2.33 bits per heavy atom. The van der Waals surface area contributed by atoms with Crippen molar-refractivity contribution in [1.82, 2.24) is 0 Å². The Morgan fingerprint density at radius 1 is 1.83 bits per heavy atom. The van der Waals surface area contributed by atoms with Crippen LogP contribution in [0.15, 0.2) is 0 Å².